The molecule has 0 fully saturated rings. The Kier molecular flexibility index (Phi) is 10.6. The molecule has 0 aliphatic heterocycles. The van der Waals surface area contributed by atoms with Gasteiger partial charge in [-0.3, -0.25) is 9.59 Å². The third kappa shape index (κ3) is 8.36. The Labute approximate surface area is 179 Å². The van der Waals surface area contributed by atoms with Crippen LogP contribution in [-0.4, -0.2) is 39.1 Å². The highest BCUT2D eigenvalue weighted by atomic mass is 35.5. The molecule has 0 atom stereocenters. The lowest BCUT2D eigenvalue weighted by molar-refractivity contribution is -0.123. The molecule has 0 unspecified atom stereocenters. The zero-order valence-electron chi connectivity index (χ0n) is 18.2. The van der Waals surface area contributed by atoms with Crippen LogP contribution in [0.3, 0.4) is 0 Å². The molecule has 29 heavy (non-hydrogen) atoms. The molecule has 6 nitrogen and oxygen atoms in total. The molecule has 1 aromatic rings. The van der Waals surface area contributed by atoms with E-state index in [4.69, 9.17) is 21.1 Å². The number of hydrogen-bond acceptors (Lipinski definition) is 4. The molecular weight excluding hydrogens is 392 g/mol. The van der Waals surface area contributed by atoms with Gasteiger partial charge in [-0.25, -0.2) is 0 Å². The summed E-state index contributed by atoms with van der Waals surface area (Å²) >= 11 is 6.26. The summed E-state index contributed by atoms with van der Waals surface area (Å²) in [4.78, 5) is 25.4. The molecule has 0 aromatic heterocycles. The van der Waals surface area contributed by atoms with Crippen LogP contribution in [0.4, 0.5) is 0 Å². The first kappa shape index (κ1) is 24.8. The molecule has 2 N–H and O–H groups in total. The second kappa shape index (κ2) is 12.4. The Bertz CT molecular complexity index is 702. The lowest BCUT2D eigenvalue weighted by Gasteiger charge is -2.13. The van der Waals surface area contributed by atoms with Crippen LogP contribution in [0.1, 0.15) is 46.1 Å². The number of carbonyl (C=O) groups excluding carboxylic acids is 2. The predicted molar refractivity (Wildman–Crippen MR) is 117 cm³/mol. The summed E-state index contributed by atoms with van der Waals surface area (Å²) in [6.07, 6.45) is 3.18. The fourth-order valence-electron chi connectivity index (χ4n) is 2.56. The van der Waals surface area contributed by atoms with Crippen LogP contribution in [0.2, 0.25) is 5.02 Å². The van der Waals surface area contributed by atoms with Gasteiger partial charge in [0.15, 0.2) is 11.5 Å². The molecule has 2 amide bonds. The van der Waals surface area contributed by atoms with E-state index in [0.717, 1.165) is 12.8 Å². The van der Waals surface area contributed by atoms with E-state index < -0.39 is 11.8 Å². The smallest absolute Gasteiger partial charge is 0.256 e. The monoisotopic (exact) mass is 424 g/mol. The molecule has 1 rings (SSSR count). The van der Waals surface area contributed by atoms with E-state index >= 15 is 0 Å². The Balaban J connectivity index is 3.16. The molecule has 7 heteroatoms. The van der Waals surface area contributed by atoms with Gasteiger partial charge in [-0.2, -0.15) is 0 Å². The van der Waals surface area contributed by atoms with Crippen molar-refractivity contribution in [3.05, 3.63) is 28.3 Å². The highest BCUT2D eigenvalue weighted by Crippen LogP contribution is 2.36. The van der Waals surface area contributed by atoms with Crippen molar-refractivity contribution in [3.8, 4) is 11.5 Å². The summed E-state index contributed by atoms with van der Waals surface area (Å²) in [5, 5.41) is 5.98. The molecule has 0 heterocycles. The first-order chi connectivity index (χ1) is 13.7. The van der Waals surface area contributed by atoms with E-state index in [9.17, 15) is 9.59 Å². The maximum atomic E-state index is 12.7. The summed E-state index contributed by atoms with van der Waals surface area (Å²) in [5.74, 6) is 0.887. The van der Waals surface area contributed by atoms with E-state index in [1.165, 1.54) is 20.3 Å². The maximum Gasteiger partial charge on any atom is 0.256 e. The number of rotatable bonds is 11. The second-order valence-corrected chi connectivity index (χ2v) is 8.08. The van der Waals surface area contributed by atoms with Gasteiger partial charge >= 0.3 is 0 Å². The fourth-order valence-corrected chi connectivity index (χ4v) is 2.86. The molecule has 1 aromatic carbocycles. The van der Waals surface area contributed by atoms with Gasteiger partial charge in [0.05, 0.1) is 19.2 Å². The van der Waals surface area contributed by atoms with E-state index in [2.05, 4.69) is 38.3 Å². The first-order valence-corrected chi connectivity index (χ1v) is 10.3. The van der Waals surface area contributed by atoms with E-state index in [-0.39, 0.29) is 5.57 Å². The van der Waals surface area contributed by atoms with Crippen molar-refractivity contribution in [1.82, 2.24) is 10.6 Å². The summed E-state index contributed by atoms with van der Waals surface area (Å²) in [5.41, 5.74) is 0.599. The van der Waals surface area contributed by atoms with E-state index in [1.807, 2.05) is 0 Å². The van der Waals surface area contributed by atoms with Gasteiger partial charge in [-0.05, 0) is 48.4 Å². The number of carbonyl (C=O) groups is 2. The van der Waals surface area contributed by atoms with Crippen molar-refractivity contribution >= 4 is 29.5 Å². The standard InChI is InChI=1S/C22H33ClN2O4/c1-14(2)7-9-24-21(26)17(22(27)25-10-8-15(3)4)11-16-12-18(23)20(29-6)19(13-16)28-5/h11-15H,7-10H2,1-6H3,(H,24,26)(H,25,27). The minimum atomic E-state index is -0.418. The van der Waals surface area contributed by atoms with Crippen molar-refractivity contribution in [2.45, 2.75) is 40.5 Å². The van der Waals surface area contributed by atoms with Crippen LogP contribution < -0.4 is 20.1 Å². The molecule has 0 aliphatic carbocycles. The van der Waals surface area contributed by atoms with Crippen molar-refractivity contribution in [1.29, 1.82) is 0 Å². The number of amides is 2. The van der Waals surface area contributed by atoms with E-state index in [1.54, 1.807) is 12.1 Å². The summed E-state index contributed by atoms with van der Waals surface area (Å²) in [7, 11) is 2.99. The third-order valence-corrected chi connectivity index (χ3v) is 4.55. The fraction of sp³-hybridized carbons (Fsp3) is 0.545. The molecule has 0 saturated carbocycles. The number of hydrogen-bond donors (Lipinski definition) is 2. The summed E-state index contributed by atoms with van der Waals surface area (Å²) < 4.78 is 10.5. The molecule has 0 spiro atoms. The average Bonchev–Trinajstić information content (AvgIpc) is 2.64. The van der Waals surface area contributed by atoms with Gasteiger partial charge in [-0.1, -0.05) is 39.3 Å². The third-order valence-electron chi connectivity index (χ3n) is 4.27. The lowest BCUT2D eigenvalue weighted by atomic mass is 10.1. The molecule has 0 saturated heterocycles. The van der Waals surface area contributed by atoms with E-state index in [0.29, 0.717) is 47.0 Å². The Hall–Kier alpha value is -2.21. The molecular formula is C22H33ClN2O4. The molecule has 0 bridgehead atoms. The quantitative estimate of drug-likeness (QED) is 0.319. The predicted octanol–water partition coefficient (Wildman–Crippen LogP) is 4.07. The Morgan fingerprint density at radius 2 is 1.48 bits per heavy atom. The first-order valence-electron chi connectivity index (χ1n) is 9.89. The van der Waals surface area contributed by atoms with Crippen LogP contribution in [0.25, 0.3) is 6.08 Å². The molecule has 162 valence electrons. The zero-order chi connectivity index (χ0) is 22.0. The number of benzene rings is 1. The highest BCUT2D eigenvalue weighted by Gasteiger charge is 2.19. The number of ether oxygens (including phenoxy) is 2. The van der Waals surface area contributed by atoms with Crippen LogP contribution in [0, 0.1) is 11.8 Å². The summed E-state index contributed by atoms with van der Waals surface area (Å²) in [6, 6.07) is 3.30. The van der Waals surface area contributed by atoms with Crippen LogP contribution in [0.5, 0.6) is 11.5 Å². The Morgan fingerprint density at radius 1 is 0.966 bits per heavy atom. The van der Waals surface area contributed by atoms with Crippen LogP contribution in [-0.2, 0) is 9.59 Å². The van der Waals surface area contributed by atoms with Gasteiger partial charge < -0.3 is 20.1 Å². The zero-order valence-corrected chi connectivity index (χ0v) is 19.0. The van der Waals surface area contributed by atoms with Gasteiger partial charge in [0.1, 0.15) is 5.57 Å². The molecule has 0 radical (unpaired) electrons. The average molecular weight is 425 g/mol. The minimum Gasteiger partial charge on any atom is -0.493 e. The van der Waals surface area contributed by atoms with Crippen molar-refractivity contribution in [3.63, 3.8) is 0 Å². The highest BCUT2D eigenvalue weighted by molar-refractivity contribution is 6.32. The van der Waals surface area contributed by atoms with Crippen molar-refractivity contribution in [2.75, 3.05) is 27.3 Å². The minimum absolute atomic E-state index is 0.0285. The number of nitrogens with one attached hydrogen (secondary N) is 2. The number of methoxy groups -OCH3 is 2. The van der Waals surface area contributed by atoms with Crippen LogP contribution in [0.15, 0.2) is 17.7 Å². The lowest BCUT2D eigenvalue weighted by Crippen LogP contribution is -2.36. The largest absolute Gasteiger partial charge is 0.493 e. The number of halogens is 1. The van der Waals surface area contributed by atoms with Gasteiger partial charge in [0.2, 0.25) is 0 Å². The van der Waals surface area contributed by atoms with Gasteiger partial charge in [0.25, 0.3) is 11.8 Å². The maximum absolute atomic E-state index is 12.7. The normalized spacial score (nSPS) is 10.7. The Morgan fingerprint density at radius 3 is 1.90 bits per heavy atom. The topological polar surface area (TPSA) is 76.7 Å². The van der Waals surface area contributed by atoms with Gasteiger partial charge in [-0.15, -0.1) is 0 Å². The second-order valence-electron chi connectivity index (χ2n) is 7.67. The molecule has 0 aliphatic rings. The summed E-state index contributed by atoms with van der Waals surface area (Å²) in [6.45, 7) is 9.31. The van der Waals surface area contributed by atoms with Gasteiger partial charge in [0, 0.05) is 13.1 Å². The SMILES string of the molecule is COc1cc(C=C(C(=O)NCCC(C)C)C(=O)NCCC(C)C)cc(Cl)c1OC. The van der Waals surface area contributed by atoms with Crippen molar-refractivity contribution in [2.24, 2.45) is 11.8 Å². The van der Waals surface area contributed by atoms with Crippen LogP contribution >= 0.6 is 11.6 Å². The van der Waals surface area contributed by atoms with Crippen molar-refractivity contribution < 1.29 is 19.1 Å².